The summed E-state index contributed by atoms with van der Waals surface area (Å²) in [4.78, 5) is 10.4. The topological polar surface area (TPSA) is 93.1 Å². The smallest absolute Gasteiger partial charge is 0.155 e. The van der Waals surface area contributed by atoms with Crippen LogP contribution in [0.4, 0.5) is 17.3 Å². The van der Waals surface area contributed by atoms with Crippen molar-refractivity contribution < 1.29 is 0 Å². The zero-order valence-electron chi connectivity index (χ0n) is 12.6. The molecule has 1 atom stereocenters. The first-order chi connectivity index (χ1) is 9.08. The second kappa shape index (κ2) is 9.61. The number of nitrogens with zero attached hydrogens (tertiary/aromatic N) is 3. The van der Waals surface area contributed by atoms with Gasteiger partial charge in [0.2, 0.25) is 0 Å². The van der Waals surface area contributed by atoms with Gasteiger partial charge in [0.15, 0.2) is 11.6 Å². The molecule has 0 bridgehead atoms. The highest BCUT2D eigenvalue weighted by Gasteiger charge is 2.09. The van der Waals surface area contributed by atoms with Gasteiger partial charge < -0.3 is 21.7 Å². The Balaban J connectivity index is 0.00000361. The van der Waals surface area contributed by atoms with Crippen LogP contribution in [-0.2, 0) is 0 Å². The highest BCUT2D eigenvalue weighted by Crippen LogP contribution is 2.20. The lowest BCUT2D eigenvalue weighted by Crippen LogP contribution is -2.26. The number of halogens is 1. The predicted molar refractivity (Wildman–Crippen MR) is 88.2 cm³/mol. The fourth-order valence-electron chi connectivity index (χ4n) is 1.99. The molecule has 1 heterocycles. The molecule has 0 amide bonds. The number of rotatable bonds is 8. The van der Waals surface area contributed by atoms with Crippen LogP contribution in [0.15, 0.2) is 6.33 Å². The van der Waals surface area contributed by atoms with Gasteiger partial charge in [0, 0.05) is 6.04 Å². The first-order valence-electron chi connectivity index (χ1n) is 6.93. The van der Waals surface area contributed by atoms with Crippen LogP contribution in [0.5, 0.6) is 0 Å². The van der Waals surface area contributed by atoms with E-state index in [1.165, 1.54) is 6.33 Å². The van der Waals surface area contributed by atoms with Crippen molar-refractivity contribution in [1.29, 1.82) is 0 Å². The summed E-state index contributed by atoms with van der Waals surface area (Å²) in [6.45, 7) is 9.84. The van der Waals surface area contributed by atoms with Crippen molar-refractivity contribution in [2.75, 3.05) is 36.4 Å². The minimum Gasteiger partial charge on any atom is -0.393 e. The summed E-state index contributed by atoms with van der Waals surface area (Å²) in [6, 6.07) is 0.312. The van der Waals surface area contributed by atoms with E-state index in [9.17, 15) is 0 Å². The quantitative estimate of drug-likeness (QED) is 0.680. The molecule has 6 nitrogen and oxygen atoms in total. The summed E-state index contributed by atoms with van der Waals surface area (Å²) in [5.41, 5.74) is 11.9. The van der Waals surface area contributed by atoms with Gasteiger partial charge in [-0.3, -0.25) is 0 Å². The first kappa shape index (κ1) is 18.7. The van der Waals surface area contributed by atoms with Crippen molar-refractivity contribution in [3.05, 3.63) is 6.33 Å². The third kappa shape index (κ3) is 5.79. The molecule has 0 spiro atoms. The Kier molecular flexibility index (Phi) is 9.00. The monoisotopic (exact) mass is 302 g/mol. The van der Waals surface area contributed by atoms with Gasteiger partial charge in [-0.15, -0.1) is 12.4 Å². The normalized spacial score (nSPS) is 12.0. The zero-order chi connectivity index (χ0) is 14.3. The summed E-state index contributed by atoms with van der Waals surface area (Å²) >= 11 is 0. The average Bonchev–Trinajstić information content (AvgIpc) is 2.40. The Morgan fingerprint density at radius 1 is 1.25 bits per heavy atom. The van der Waals surface area contributed by atoms with E-state index < -0.39 is 0 Å². The highest BCUT2D eigenvalue weighted by atomic mass is 35.5. The lowest BCUT2D eigenvalue weighted by molar-refractivity contribution is 0.295. The van der Waals surface area contributed by atoms with Crippen molar-refractivity contribution in [1.82, 2.24) is 14.9 Å². The number of hydrogen-bond acceptors (Lipinski definition) is 6. The molecule has 116 valence electrons. The van der Waals surface area contributed by atoms with Gasteiger partial charge in [0.25, 0.3) is 0 Å². The van der Waals surface area contributed by atoms with Gasteiger partial charge in [-0.05, 0) is 39.4 Å². The fourth-order valence-corrected chi connectivity index (χ4v) is 1.99. The van der Waals surface area contributed by atoms with E-state index in [1.54, 1.807) is 0 Å². The first-order valence-corrected chi connectivity index (χ1v) is 6.93. The molecule has 0 saturated heterocycles. The summed E-state index contributed by atoms with van der Waals surface area (Å²) < 4.78 is 0. The van der Waals surface area contributed by atoms with Crippen molar-refractivity contribution in [3.63, 3.8) is 0 Å². The molecule has 0 aliphatic carbocycles. The number of aromatic nitrogens is 2. The summed E-state index contributed by atoms with van der Waals surface area (Å²) in [5, 5.41) is 3.29. The second-order valence-electron chi connectivity index (χ2n) is 4.74. The third-order valence-corrected chi connectivity index (χ3v) is 3.30. The lowest BCUT2D eigenvalue weighted by atomic mass is 10.1. The highest BCUT2D eigenvalue weighted by molar-refractivity contribution is 5.85. The Morgan fingerprint density at radius 2 is 1.90 bits per heavy atom. The summed E-state index contributed by atoms with van der Waals surface area (Å²) in [5.74, 6) is 0.954. The van der Waals surface area contributed by atoms with E-state index in [2.05, 4.69) is 41.0 Å². The van der Waals surface area contributed by atoms with Crippen LogP contribution >= 0.6 is 12.4 Å². The van der Waals surface area contributed by atoms with Gasteiger partial charge in [0.05, 0.1) is 0 Å². The molecule has 0 fully saturated rings. The van der Waals surface area contributed by atoms with Crippen LogP contribution in [0.25, 0.3) is 0 Å². The predicted octanol–water partition coefficient (Wildman–Crippen LogP) is 1.99. The summed E-state index contributed by atoms with van der Waals surface area (Å²) in [7, 11) is 0. The third-order valence-electron chi connectivity index (χ3n) is 3.30. The minimum absolute atomic E-state index is 0. The molecule has 1 aromatic rings. The molecule has 7 heteroatoms. The van der Waals surface area contributed by atoms with Crippen LogP contribution in [-0.4, -0.2) is 40.5 Å². The van der Waals surface area contributed by atoms with Crippen LogP contribution in [0.1, 0.15) is 33.6 Å². The molecule has 0 aliphatic rings. The molecular weight excluding hydrogens is 276 g/mol. The second-order valence-corrected chi connectivity index (χ2v) is 4.74. The molecule has 0 aliphatic heterocycles. The molecule has 5 N–H and O–H groups in total. The standard InChI is InChI=1S/C13H26N6.ClH/c1-4-19(5-2)8-6-7-10(3)18-13-11(14)12(15)16-9-17-13;/h9-10H,4-8,14H2,1-3H3,(H3,15,16,17,18);1H. The molecule has 20 heavy (non-hydrogen) atoms. The van der Waals surface area contributed by atoms with E-state index in [0.29, 0.717) is 23.4 Å². The van der Waals surface area contributed by atoms with Gasteiger partial charge in [-0.25, -0.2) is 9.97 Å². The maximum absolute atomic E-state index is 5.83. The number of nitrogens with two attached hydrogens (primary N) is 2. The summed E-state index contributed by atoms with van der Waals surface area (Å²) in [6.07, 6.45) is 3.65. The van der Waals surface area contributed by atoms with E-state index in [4.69, 9.17) is 11.5 Å². The van der Waals surface area contributed by atoms with Gasteiger partial charge >= 0.3 is 0 Å². The molecule has 1 unspecified atom stereocenters. The number of hydrogen-bond donors (Lipinski definition) is 3. The maximum Gasteiger partial charge on any atom is 0.155 e. The Morgan fingerprint density at radius 3 is 2.50 bits per heavy atom. The van der Waals surface area contributed by atoms with Crippen molar-refractivity contribution in [2.24, 2.45) is 0 Å². The number of nitrogens with one attached hydrogen (secondary N) is 1. The van der Waals surface area contributed by atoms with Crippen LogP contribution in [0.3, 0.4) is 0 Å². The van der Waals surface area contributed by atoms with Gasteiger partial charge in [-0.1, -0.05) is 13.8 Å². The van der Waals surface area contributed by atoms with Crippen LogP contribution in [0.2, 0.25) is 0 Å². The molecule has 1 aromatic heterocycles. The van der Waals surface area contributed by atoms with Gasteiger partial charge in [0.1, 0.15) is 12.0 Å². The Labute approximate surface area is 127 Å². The van der Waals surface area contributed by atoms with E-state index >= 15 is 0 Å². The van der Waals surface area contributed by atoms with Crippen LogP contribution in [0, 0.1) is 0 Å². The van der Waals surface area contributed by atoms with Crippen molar-refractivity contribution in [2.45, 2.75) is 39.7 Å². The Hall–Kier alpha value is -1.27. The zero-order valence-corrected chi connectivity index (χ0v) is 13.4. The minimum atomic E-state index is 0. The number of anilines is 3. The largest absolute Gasteiger partial charge is 0.393 e. The van der Waals surface area contributed by atoms with E-state index in [-0.39, 0.29) is 12.4 Å². The van der Waals surface area contributed by atoms with Crippen molar-refractivity contribution in [3.8, 4) is 0 Å². The maximum atomic E-state index is 5.83. The molecule has 0 radical (unpaired) electrons. The van der Waals surface area contributed by atoms with Crippen molar-refractivity contribution >= 4 is 29.7 Å². The molecule has 1 rings (SSSR count). The van der Waals surface area contributed by atoms with E-state index in [0.717, 1.165) is 32.5 Å². The average molecular weight is 303 g/mol. The fraction of sp³-hybridized carbons (Fsp3) is 0.692. The molecular formula is C13H27ClN6. The SMILES string of the molecule is CCN(CC)CCCC(C)Nc1ncnc(N)c1N.Cl. The number of nitrogen functional groups attached to an aromatic ring is 2. The van der Waals surface area contributed by atoms with Crippen LogP contribution < -0.4 is 16.8 Å². The van der Waals surface area contributed by atoms with E-state index in [1.807, 2.05) is 0 Å². The van der Waals surface area contributed by atoms with Gasteiger partial charge in [-0.2, -0.15) is 0 Å². The molecule has 0 aromatic carbocycles. The Bertz CT molecular complexity index is 383. The molecule has 0 saturated carbocycles. The lowest BCUT2D eigenvalue weighted by Gasteiger charge is -2.20.